The van der Waals surface area contributed by atoms with Crippen LogP contribution in [0.1, 0.15) is 33.5 Å². The van der Waals surface area contributed by atoms with Crippen LogP contribution in [0.5, 0.6) is 23.0 Å². The van der Waals surface area contributed by atoms with E-state index in [-0.39, 0.29) is 18.6 Å². The molecule has 0 saturated heterocycles. The molecule has 0 saturated carbocycles. The quantitative estimate of drug-likeness (QED) is 0.160. The maximum atomic E-state index is 13.0. The zero-order chi connectivity index (χ0) is 32.1. The number of aryl methyl sites for hydroxylation is 1. The lowest BCUT2D eigenvalue weighted by molar-refractivity contribution is -0.145. The van der Waals surface area contributed by atoms with Gasteiger partial charge >= 0.3 is 12.0 Å². The van der Waals surface area contributed by atoms with E-state index < -0.39 is 12.0 Å². The average molecular weight is 614 g/mol. The molecule has 0 aliphatic carbocycles. The number of pyridine rings is 1. The van der Waals surface area contributed by atoms with Crippen LogP contribution in [0.25, 0.3) is 22.3 Å². The third kappa shape index (κ3) is 7.15. The summed E-state index contributed by atoms with van der Waals surface area (Å²) in [5, 5.41) is 10.6. The maximum Gasteiger partial charge on any atom is 0.344 e. The van der Waals surface area contributed by atoms with Crippen molar-refractivity contribution in [1.82, 2.24) is 24.7 Å². The summed E-state index contributed by atoms with van der Waals surface area (Å²) in [5.74, 6) is 2.56. The molecule has 5 rings (SSSR count). The molecule has 2 aromatic carbocycles. The smallest absolute Gasteiger partial charge is 0.344 e. The van der Waals surface area contributed by atoms with Crippen LogP contribution in [0.2, 0.25) is 0 Å². The number of esters is 1. The van der Waals surface area contributed by atoms with E-state index >= 15 is 0 Å². The van der Waals surface area contributed by atoms with Crippen LogP contribution in [0.15, 0.2) is 60.9 Å². The monoisotopic (exact) mass is 613 g/mol. The number of H-pyrrole nitrogens is 1. The van der Waals surface area contributed by atoms with Crippen molar-refractivity contribution in [2.75, 3.05) is 31.0 Å². The fraction of sp³-hybridized carbons (Fsp3) is 0.281. The number of methoxy groups -OCH3 is 1. The highest BCUT2D eigenvalue weighted by molar-refractivity contribution is 6.01. The molecule has 13 nitrogen and oxygen atoms in total. The molecule has 0 aliphatic heterocycles. The Kier molecular flexibility index (Phi) is 8.88. The van der Waals surface area contributed by atoms with Crippen molar-refractivity contribution >= 4 is 34.4 Å². The van der Waals surface area contributed by atoms with Crippen LogP contribution >= 0.6 is 0 Å². The molecule has 13 heteroatoms. The normalized spacial score (nSPS) is 11.2. The molecule has 3 heterocycles. The fourth-order valence-corrected chi connectivity index (χ4v) is 4.45. The first-order chi connectivity index (χ1) is 21.5. The largest absolute Gasteiger partial charge is 0.493 e. The number of hydrogen-bond donors (Lipinski definition) is 3. The molecule has 3 N–H and O–H groups in total. The number of nitrogens with one attached hydrogen (secondary N) is 3. The summed E-state index contributed by atoms with van der Waals surface area (Å²) < 4.78 is 23.9. The van der Waals surface area contributed by atoms with Crippen molar-refractivity contribution in [3.8, 4) is 34.4 Å². The van der Waals surface area contributed by atoms with Gasteiger partial charge in [0.05, 0.1) is 24.9 Å². The molecule has 0 aliphatic rings. The Morgan fingerprint density at radius 3 is 2.42 bits per heavy atom. The van der Waals surface area contributed by atoms with Crippen molar-refractivity contribution in [3.63, 3.8) is 0 Å². The van der Waals surface area contributed by atoms with Crippen LogP contribution in [-0.4, -0.2) is 57.1 Å². The topological polar surface area (TPSA) is 155 Å². The zero-order valence-corrected chi connectivity index (χ0v) is 25.9. The third-order valence-electron chi connectivity index (χ3n) is 6.69. The lowest BCUT2D eigenvalue weighted by Gasteiger charge is -2.14. The summed E-state index contributed by atoms with van der Waals surface area (Å²) in [7, 11) is 3.33. The fourth-order valence-electron chi connectivity index (χ4n) is 4.45. The van der Waals surface area contributed by atoms with Gasteiger partial charge in [0.1, 0.15) is 28.8 Å². The summed E-state index contributed by atoms with van der Waals surface area (Å²) in [6.45, 7) is 7.86. The summed E-state index contributed by atoms with van der Waals surface area (Å²) in [5.41, 5.74) is 2.24. The van der Waals surface area contributed by atoms with Gasteiger partial charge in [0.2, 0.25) is 0 Å². The first-order valence-electron chi connectivity index (χ1n) is 14.3. The first kappa shape index (κ1) is 30.9. The minimum atomic E-state index is -0.481. The minimum Gasteiger partial charge on any atom is -0.493 e. The number of aromatic nitrogens is 5. The summed E-state index contributed by atoms with van der Waals surface area (Å²) in [6.07, 6.45) is 3.29. The number of ether oxygens (including phenoxy) is 4. The second-order valence-electron chi connectivity index (χ2n) is 11.0. The van der Waals surface area contributed by atoms with E-state index in [0.29, 0.717) is 51.1 Å². The Labute approximate surface area is 259 Å². The Morgan fingerprint density at radius 2 is 1.76 bits per heavy atom. The van der Waals surface area contributed by atoms with Gasteiger partial charge in [-0.05, 0) is 49.4 Å². The molecule has 234 valence electrons. The number of amides is 2. The molecule has 0 unspecified atom stereocenters. The van der Waals surface area contributed by atoms with E-state index in [2.05, 4.69) is 25.7 Å². The summed E-state index contributed by atoms with van der Waals surface area (Å²) in [4.78, 5) is 37.1. The van der Waals surface area contributed by atoms with Crippen molar-refractivity contribution in [2.45, 2.75) is 33.1 Å². The van der Waals surface area contributed by atoms with E-state index in [4.69, 9.17) is 23.9 Å². The summed E-state index contributed by atoms with van der Waals surface area (Å²) in [6, 6.07) is 13.5. The predicted molar refractivity (Wildman–Crippen MR) is 169 cm³/mol. The van der Waals surface area contributed by atoms with E-state index in [9.17, 15) is 9.59 Å². The van der Waals surface area contributed by atoms with E-state index in [0.717, 1.165) is 11.5 Å². The Balaban J connectivity index is 1.29. The molecule has 3 aromatic heterocycles. The van der Waals surface area contributed by atoms with Gasteiger partial charge in [0, 0.05) is 42.0 Å². The number of rotatable bonds is 10. The highest BCUT2D eigenvalue weighted by Gasteiger charge is 2.24. The molecular formula is C32H35N7O6. The van der Waals surface area contributed by atoms with Gasteiger partial charge < -0.3 is 29.2 Å². The molecule has 0 spiro atoms. The van der Waals surface area contributed by atoms with E-state index in [1.54, 1.807) is 66.5 Å². The van der Waals surface area contributed by atoms with Crippen molar-refractivity contribution in [1.29, 1.82) is 0 Å². The van der Waals surface area contributed by atoms with Gasteiger partial charge in [0.25, 0.3) is 0 Å². The molecule has 0 atom stereocenters. The molecule has 0 fully saturated rings. The van der Waals surface area contributed by atoms with Crippen LogP contribution in [0.3, 0.4) is 0 Å². The highest BCUT2D eigenvalue weighted by atomic mass is 16.6. The van der Waals surface area contributed by atoms with Crippen molar-refractivity contribution < 1.29 is 28.5 Å². The second kappa shape index (κ2) is 13.0. The Morgan fingerprint density at radius 1 is 0.978 bits per heavy atom. The molecule has 2 amide bonds. The molecule has 0 radical (unpaired) electrons. The van der Waals surface area contributed by atoms with Gasteiger partial charge in [-0.25, -0.2) is 14.6 Å². The molecular weight excluding hydrogens is 578 g/mol. The van der Waals surface area contributed by atoms with Crippen LogP contribution in [-0.2, 0) is 22.0 Å². The SMILES string of the molecule is CCOC(=O)COc1cc2nccc(Oc3ccc(NC(=O)Nc4[nH]c(C(C)(C)C)nc4-c4ccnn4C)cc3)c2cc1OC. The number of aromatic amines is 1. The average Bonchev–Trinajstić information content (AvgIpc) is 3.62. The van der Waals surface area contributed by atoms with Gasteiger partial charge in [-0.1, -0.05) is 20.8 Å². The van der Waals surface area contributed by atoms with Gasteiger partial charge in [-0.2, -0.15) is 5.10 Å². The molecule has 0 bridgehead atoms. The van der Waals surface area contributed by atoms with Gasteiger partial charge in [-0.3, -0.25) is 15.0 Å². The molecule has 5 aromatic rings. The lowest BCUT2D eigenvalue weighted by atomic mass is 9.96. The molecule has 45 heavy (non-hydrogen) atoms. The summed E-state index contributed by atoms with van der Waals surface area (Å²) >= 11 is 0. The van der Waals surface area contributed by atoms with Gasteiger partial charge in [-0.15, -0.1) is 0 Å². The number of imidazole rings is 1. The number of carbonyl (C=O) groups is 2. The zero-order valence-electron chi connectivity index (χ0n) is 25.9. The van der Waals surface area contributed by atoms with Crippen LogP contribution < -0.4 is 24.8 Å². The highest BCUT2D eigenvalue weighted by Crippen LogP contribution is 2.37. The number of urea groups is 1. The Bertz CT molecular complexity index is 1820. The number of benzene rings is 2. The third-order valence-corrected chi connectivity index (χ3v) is 6.69. The first-order valence-corrected chi connectivity index (χ1v) is 14.3. The van der Waals surface area contributed by atoms with Gasteiger partial charge in [0.15, 0.2) is 18.1 Å². The second-order valence-corrected chi connectivity index (χ2v) is 11.0. The Hall–Kier alpha value is -5.59. The standard InChI is InChI=1S/C32H35N7O6/c1-7-43-27(40)18-44-26-17-22-21(16-25(26)42-6)24(13-14-33-22)45-20-10-8-19(9-11-20)35-31(41)38-29-28(23-12-15-34-39(23)5)36-30(37-29)32(2,3)4/h8-17H,7,18H2,1-6H3,(H,36,37)(H2,35,38,41). The van der Waals surface area contributed by atoms with Crippen LogP contribution in [0.4, 0.5) is 16.3 Å². The van der Waals surface area contributed by atoms with Crippen LogP contribution in [0, 0.1) is 0 Å². The number of fused-ring (bicyclic) bond motifs is 1. The maximum absolute atomic E-state index is 13.0. The number of hydrogen-bond acceptors (Lipinski definition) is 9. The van der Waals surface area contributed by atoms with E-state index in [1.165, 1.54) is 7.11 Å². The number of nitrogens with zero attached hydrogens (tertiary/aromatic N) is 4. The van der Waals surface area contributed by atoms with Crippen molar-refractivity contribution in [3.05, 3.63) is 66.7 Å². The van der Waals surface area contributed by atoms with E-state index in [1.807, 2.05) is 33.9 Å². The minimum absolute atomic E-state index is 0.254. The van der Waals surface area contributed by atoms with Crippen molar-refractivity contribution in [2.24, 2.45) is 7.05 Å². The lowest BCUT2D eigenvalue weighted by Crippen LogP contribution is -2.20. The number of anilines is 2. The number of carbonyl (C=O) groups excluding carboxylic acids is 2. The predicted octanol–water partition coefficient (Wildman–Crippen LogP) is 6.04.